The van der Waals surface area contributed by atoms with Gasteiger partial charge in [-0.2, -0.15) is 0 Å². The van der Waals surface area contributed by atoms with Gasteiger partial charge >= 0.3 is 6.03 Å². The average Bonchev–Trinajstić information content (AvgIpc) is 2.53. The van der Waals surface area contributed by atoms with Crippen LogP contribution in [-0.4, -0.2) is 23.4 Å². The van der Waals surface area contributed by atoms with Gasteiger partial charge in [0, 0.05) is 24.0 Å². The molecule has 0 bridgehead atoms. The molecule has 4 nitrogen and oxygen atoms in total. The summed E-state index contributed by atoms with van der Waals surface area (Å²) in [5.74, 6) is 0.408. The zero-order chi connectivity index (χ0) is 8.81. The molecule has 1 rings (SSSR count). The molecule has 0 aliphatic carbocycles. The van der Waals surface area contributed by atoms with Crippen LogP contribution in [0.4, 0.5) is 9.93 Å². The van der Waals surface area contributed by atoms with Crippen LogP contribution in [0.15, 0.2) is 11.6 Å². The maximum absolute atomic E-state index is 11.0. The Kier molecular flexibility index (Phi) is 3.83. The van der Waals surface area contributed by atoms with Crippen molar-refractivity contribution in [1.82, 2.24) is 10.3 Å². The van der Waals surface area contributed by atoms with Crippen LogP contribution in [0.2, 0.25) is 0 Å². The number of hydrogen-bond acceptors (Lipinski definition) is 3. The maximum Gasteiger partial charge on any atom is 0.321 e. The summed E-state index contributed by atoms with van der Waals surface area (Å²) in [4.78, 5) is 14.8. The highest BCUT2D eigenvalue weighted by Gasteiger charge is 2.00. The van der Waals surface area contributed by atoms with Crippen molar-refractivity contribution in [2.75, 3.05) is 17.7 Å². The van der Waals surface area contributed by atoms with Gasteiger partial charge in [-0.25, -0.2) is 9.78 Å². The van der Waals surface area contributed by atoms with Gasteiger partial charge in [-0.3, -0.25) is 5.32 Å². The Labute approximate surface area is 79.0 Å². The fourth-order valence-electron chi connectivity index (χ4n) is 0.587. The molecule has 0 aliphatic rings. The Hall–Kier alpha value is -0.810. The Morgan fingerprint density at radius 1 is 1.75 bits per heavy atom. The quantitative estimate of drug-likeness (QED) is 0.735. The summed E-state index contributed by atoms with van der Waals surface area (Å²) in [6.07, 6.45) is 1.63. The summed E-state index contributed by atoms with van der Waals surface area (Å²) < 4.78 is 0. The van der Waals surface area contributed by atoms with Gasteiger partial charge in [0.25, 0.3) is 0 Å². The molecule has 0 saturated heterocycles. The van der Waals surface area contributed by atoms with E-state index >= 15 is 0 Å². The third kappa shape index (κ3) is 3.06. The number of carbonyl (C=O) groups excluding carboxylic acids is 1. The number of rotatable bonds is 3. The molecule has 66 valence electrons. The van der Waals surface area contributed by atoms with Gasteiger partial charge in [0.2, 0.25) is 0 Å². The zero-order valence-corrected chi connectivity index (χ0v) is 7.78. The van der Waals surface area contributed by atoms with E-state index in [1.165, 1.54) is 11.3 Å². The average molecular weight is 206 g/mol. The summed E-state index contributed by atoms with van der Waals surface area (Å²) in [6.45, 7) is 0.457. The summed E-state index contributed by atoms with van der Waals surface area (Å²) in [5.41, 5.74) is 0. The van der Waals surface area contributed by atoms with Gasteiger partial charge in [0.15, 0.2) is 5.13 Å². The number of thiazole rings is 1. The molecule has 2 N–H and O–H groups in total. The molecule has 0 aliphatic heterocycles. The first kappa shape index (κ1) is 9.28. The fourth-order valence-corrected chi connectivity index (χ4v) is 1.21. The lowest BCUT2D eigenvalue weighted by Gasteiger charge is -2.01. The SMILES string of the molecule is O=C(NCCCl)Nc1nccs1. The minimum atomic E-state index is -0.273. The van der Waals surface area contributed by atoms with Crippen molar-refractivity contribution < 1.29 is 4.79 Å². The third-order valence-electron chi connectivity index (χ3n) is 1.03. The first-order chi connectivity index (χ1) is 5.83. The minimum Gasteiger partial charge on any atom is -0.337 e. The number of urea groups is 1. The minimum absolute atomic E-state index is 0.273. The summed E-state index contributed by atoms with van der Waals surface area (Å²) >= 11 is 6.74. The topological polar surface area (TPSA) is 54.0 Å². The van der Waals surface area contributed by atoms with Crippen LogP contribution >= 0.6 is 22.9 Å². The van der Waals surface area contributed by atoms with Crippen molar-refractivity contribution in [2.45, 2.75) is 0 Å². The number of halogens is 1. The molecule has 1 heterocycles. The van der Waals surface area contributed by atoms with Crippen LogP contribution in [0.3, 0.4) is 0 Å². The maximum atomic E-state index is 11.0. The van der Waals surface area contributed by atoms with Crippen molar-refractivity contribution in [2.24, 2.45) is 0 Å². The van der Waals surface area contributed by atoms with E-state index in [1.54, 1.807) is 11.6 Å². The Morgan fingerprint density at radius 3 is 3.17 bits per heavy atom. The monoisotopic (exact) mass is 205 g/mol. The predicted octanol–water partition coefficient (Wildman–Crippen LogP) is 1.50. The lowest BCUT2D eigenvalue weighted by atomic mass is 10.7. The molecule has 0 atom stereocenters. The van der Waals surface area contributed by atoms with E-state index in [0.29, 0.717) is 17.6 Å². The number of amides is 2. The zero-order valence-electron chi connectivity index (χ0n) is 6.21. The van der Waals surface area contributed by atoms with Crippen molar-refractivity contribution in [3.05, 3.63) is 11.6 Å². The van der Waals surface area contributed by atoms with Crippen LogP contribution in [0, 0.1) is 0 Å². The Bertz CT molecular complexity index is 239. The van der Waals surface area contributed by atoms with Gasteiger partial charge < -0.3 is 5.32 Å². The molecule has 0 fully saturated rings. The molecule has 0 saturated carbocycles. The number of anilines is 1. The second-order valence-corrected chi connectivity index (χ2v) is 3.18. The first-order valence-electron chi connectivity index (χ1n) is 3.33. The van der Waals surface area contributed by atoms with Crippen LogP contribution in [-0.2, 0) is 0 Å². The van der Waals surface area contributed by atoms with Crippen LogP contribution in [0.25, 0.3) is 0 Å². The molecular formula is C6H8ClN3OS. The van der Waals surface area contributed by atoms with E-state index in [4.69, 9.17) is 11.6 Å². The second-order valence-electron chi connectivity index (χ2n) is 1.91. The molecule has 6 heteroatoms. The van der Waals surface area contributed by atoms with E-state index in [-0.39, 0.29) is 6.03 Å². The van der Waals surface area contributed by atoms with Gasteiger partial charge in [-0.15, -0.1) is 22.9 Å². The lowest BCUT2D eigenvalue weighted by molar-refractivity contribution is 0.252. The number of aromatic nitrogens is 1. The van der Waals surface area contributed by atoms with Crippen molar-refractivity contribution >= 4 is 34.1 Å². The summed E-state index contributed by atoms with van der Waals surface area (Å²) in [5, 5.41) is 7.48. The molecule has 1 aromatic rings. The molecule has 0 radical (unpaired) electrons. The van der Waals surface area contributed by atoms with E-state index in [2.05, 4.69) is 15.6 Å². The number of carbonyl (C=O) groups is 1. The van der Waals surface area contributed by atoms with E-state index < -0.39 is 0 Å². The van der Waals surface area contributed by atoms with Crippen LogP contribution < -0.4 is 10.6 Å². The van der Waals surface area contributed by atoms with Gasteiger partial charge in [-0.1, -0.05) is 0 Å². The molecular weight excluding hydrogens is 198 g/mol. The fraction of sp³-hybridized carbons (Fsp3) is 0.333. The highest BCUT2D eigenvalue weighted by molar-refractivity contribution is 7.13. The number of alkyl halides is 1. The van der Waals surface area contributed by atoms with Gasteiger partial charge in [0.1, 0.15) is 0 Å². The van der Waals surface area contributed by atoms with Crippen LogP contribution in [0.5, 0.6) is 0 Å². The smallest absolute Gasteiger partial charge is 0.321 e. The standard InChI is InChI=1S/C6H8ClN3OS/c7-1-2-8-5(11)10-6-9-3-4-12-6/h3-4H,1-2H2,(H2,8,9,10,11). The summed E-state index contributed by atoms with van der Waals surface area (Å²) in [6, 6.07) is -0.273. The number of hydrogen-bond donors (Lipinski definition) is 2. The normalized spacial score (nSPS) is 9.42. The van der Waals surface area contributed by atoms with Crippen LogP contribution in [0.1, 0.15) is 0 Å². The van der Waals surface area contributed by atoms with Crippen molar-refractivity contribution in [1.29, 1.82) is 0 Å². The number of nitrogens with one attached hydrogen (secondary N) is 2. The Morgan fingerprint density at radius 2 is 2.58 bits per heavy atom. The van der Waals surface area contributed by atoms with Crippen molar-refractivity contribution in [3.8, 4) is 0 Å². The molecule has 2 amide bonds. The van der Waals surface area contributed by atoms with Gasteiger partial charge in [-0.05, 0) is 0 Å². The Balaban J connectivity index is 2.27. The van der Waals surface area contributed by atoms with Crippen molar-refractivity contribution in [3.63, 3.8) is 0 Å². The highest BCUT2D eigenvalue weighted by atomic mass is 35.5. The molecule has 0 unspecified atom stereocenters. The molecule has 0 aromatic carbocycles. The molecule has 1 aromatic heterocycles. The predicted molar refractivity (Wildman–Crippen MR) is 49.9 cm³/mol. The molecule has 12 heavy (non-hydrogen) atoms. The third-order valence-corrected chi connectivity index (χ3v) is 1.91. The van der Waals surface area contributed by atoms with E-state index in [1.807, 2.05) is 0 Å². The summed E-state index contributed by atoms with van der Waals surface area (Å²) in [7, 11) is 0. The second kappa shape index (κ2) is 4.95. The largest absolute Gasteiger partial charge is 0.337 e. The molecule has 0 spiro atoms. The van der Waals surface area contributed by atoms with Gasteiger partial charge in [0.05, 0.1) is 0 Å². The number of nitrogens with zero attached hydrogens (tertiary/aromatic N) is 1. The van der Waals surface area contributed by atoms with E-state index in [9.17, 15) is 4.79 Å². The highest BCUT2D eigenvalue weighted by Crippen LogP contribution is 2.09. The first-order valence-corrected chi connectivity index (χ1v) is 4.74. The van der Waals surface area contributed by atoms with E-state index in [0.717, 1.165) is 0 Å². The lowest BCUT2D eigenvalue weighted by Crippen LogP contribution is -2.30.